The molecule has 0 amide bonds. The van der Waals surface area contributed by atoms with Crippen LogP contribution in [0.25, 0.3) is 0 Å². The van der Waals surface area contributed by atoms with Gasteiger partial charge in [0.1, 0.15) is 0 Å². The molecule has 0 aliphatic carbocycles. The fourth-order valence-electron chi connectivity index (χ4n) is 1.21. The Morgan fingerprint density at radius 1 is 1.20 bits per heavy atom. The summed E-state index contributed by atoms with van der Waals surface area (Å²) in [6.45, 7) is 9.48. The van der Waals surface area contributed by atoms with Gasteiger partial charge in [0.25, 0.3) is 0 Å². The Balaban J connectivity index is 3.89. The Hall–Kier alpha value is 0.440. The molecule has 1 nitrogen and oxygen atoms in total. The molecular formula is C8H18BrN. The van der Waals surface area contributed by atoms with Gasteiger partial charge in [-0.15, -0.1) is 0 Å². The van der Waals surface area contributed by atoms with E-state index < -0.39 is 0 Å². The van der Waals surface area contributed by atoms with Crippen molar-refractivity contribution in [3.8, 4) is 0 Å². The van der Waals surface area contributed by atoms with E-state index in [2.05, 4.69) is 43.6 Å². The van der Waals surface area contributed by atoms with Crippen molar-refractivity contribution in [2.24, 2.45) is 11.1 Å². The zero-order valence-electron chi connectivity index (χ0n) is 7.37. The second-order valence-electron chi connectivity index (χ2n) is 4.26. The van der Waals surface area contributed by atoms with Gasteiger partial charge >= 0.3 is 0 Å². The van der Waals surface area contributed by atoms with Gasteiger partial charge in [0, 0.05) is 4.32 Å². The van der Waals surface area contributed by atoms with Crippen LogP contribution in [0.4, 0.5) is 0 Å². The number of hydrogen-bond acceptors (Lipinski definition) is 1. The average Bonchev–Trinajstić information content (AvgIpc) is 1.60. The zero-order chi connectivity index (χ0) is 8.41. The smallest absolute Gasteiger partial charge is 0.0207 e. The molecule has 0 atom stereocenters. The summed E-state index contributed by atoms with van der Waals surface area (Å²) in [4.78, 5) is 0. The van der Waals surface area contributed by atoms with Crippen molar-refractivity contribution in [3.63, 3.8) is 0 Å². The molecule has 0 aliphatic heterocycles. The van der Waals surface area contributed by atoms with Gasteiger partial charge < -0.3 is 5.73 Å². The molecule has 0 radical (unpaired) electrons. The molecular weight excluding hydrogens is 190 g/mol. The third kappa shape index (κ3) is 5.24. The van der Waals surface area contributed by atoms with E-state index in [9.17, 15) is 0 Å². The first kappa shape index (κ1) is 10.4. The highest BCUT2D eigenvalue weighted by Crippen LogP contribution is 2.32. The fraction of sp³-hybridized carbons (Fsp3) is 1.00. The van der Waals surface area contributed by atoms with E-state index >= 15 is 0 Å². The highest BCUT2D eigenvalue weighted by molar-refractivity contribution is 9.10. The normalized spacial score (nSPS) is 13.8. The number of alkyl halides is 1. The summed E-state index contributed by atoms with van der Waals surface area (Å²) in [6.07, 6.45) is 1.11. The molecule has 0 fully saturated rings. The Morgan fingerprint density at radius 3 is 1.70 bits per heavy atom. The Morgan fingerprint density at radius 2 is 1.60 bits per heavy atom. The lowest BCUT2D eigenvalue weighted by Gasteiger charge is -2.29. The van der Waals surface area contributed by atoms with Crippen molar-refractivity contribution >= 4 is 15.9 Å². The minimum Gasteiger partial charge on any atom is -0.330 e. The Kier molecular flexibility index (Phi) is 3.37. The van der Waals surface area contributed by atoms with Crippen LogP contribution in [-0.2, 0) is 0 Å². The van der Waals surface area contributed by atoms with E-state index in [1.807, 2.05) is 0 Å². The molecule has 0 saturated carbocycles. The van der Waals surface area contributed by atoms with Gasteiger partial charge in [-0.05, 0) is 18.4 Å². The van der Waals surface area contributed by atoms with Gasteiger partial charge in [-0.2, -0.15) is 0 Å². The maximum Gasteiger partial charge on any atom is 0.0207 e. The lowest BCUT2D eigenvalue weighted by atomic mass is 9.84. The van der Waals surface area contributed by atoms with Gasteiger partial charge in [0.15, 0.2) is 0 Å². The zero-order valence-corrected chi connectivity index (χ0v) is 8.96. The molecule has 0 saturated heterocycles. The predicted molar refractivity (Wildman–Crippen MR) is 50.5 cm³/mol. The van der Waals surface area contributed by atoms with Gasteiger partial charge in [-0.3, -0.25) is 0 Å². The van der Waals surface area contributed by atoms with E-state index in [1.54, 1.807) is 0 Å². The largest absolute Gasteiger partial charge is 0.330 e. The van der Waals surface area contributed by atoms with Crippen molar-refractivity contribution in [1.82, 2.24) is 0 Å². The maximum absolute atomic E-state index is 5.59. The van der Waals surface area contributed by atoms with Crippen molar-refractivity contribution < 1.29 is 0 Å². The van der Waals surface area contributed by atoms with E-state index in [4.69, 9.17) is 5.73 Å². The summed E-state index contributed by atoms with van der Waals surface area (Å²) < 4.78 is 0.218. The first-order valence-corrected chi connectivity index (χ1v) is 4.45. The van der Waals surface area contributed by atoms with Crippen LogP contribution >= 0.6 is 15.9 Å². The number of nitrogens with two attached hydrogens (primary N) is 1. The van der Waals surface area contributed by atoms with Crippen molar-refractivity contribution in [2.75, 3.05) is 6.54 Å². The van der Waals surface area contributed by atoms with Gasteiger partial charge in [0.05, 0.1) is 0 Å². The standard InChI is InChI=1S/C8H18BrN/c1-7(2,6-10)5-8(3,4)9/h5-6,10H2,1-4H3. The molecule has 0 rings (SSSR count). The minimum absolute atomic E-state index is 0.218. The molecule has 2 N–H and O–H groups in total. The molecule has 0 aromatic carbocycles. The molecule has 62 valence electrons. The SMILES string of the molecule is CC(C)(Br)CC(C)(C)CN. The molecule has 0 aliphatic rings. The van der Waals surface area contributed by atoms with Crippen LogP contribution in [0.2, 0.25) is 0 Å². The summed E-state index contributed by atoms with van der Waals surface area (Å²) in [5.74, 6) is 0. The molecule has 0 aromatic rings. The van der Waals surface area contributed by atoms with Crippen LogP contribution in [0.5, 0.6) is 0 Å². The van der Waals surface area contributed by atoms with Crippen LogP contribution in [-0.4, -0.2) is 10.9 Å². The third-order valence-electron chi connectivity index (χ3n) is 1.45. The van der Waals surface area contributed by atoms with E-state index in [1.165, 1.54) is 0 Å². The monoisotopic (exact) mass is 207 g/mol. The van der Waals surface area contributed by atoms with E-state index in [0.717, 1.165) is 13.0 Å². The first-order valence-electron chi connectivity index (χ1n) is 3.66. The topological polar surface area (TPSA) is 26.0 Å². The van der Waals surface area contributed by atoms with Crippen LogP contribution in [0.3, 0.4) is 0 Å². The second kappa shape index (κ2) is 3.22. The van der Waals surface area contributed by atoms with Crippen molar-refractivity contribution in [1.29, 1.82) is 0 Å². The first-order chi connectivity index (χ1) is 4.27. The predicted octanol–water partition coefficient (Wildman–Crippen LogP) is 2.53. The Labute approximate surface area is 72.5 Å². The van der Waals surface area contributed by atoms with E-state index in [-0.39, 0.29) is 9.74 Å². The molecule has 10 heavy (non-hydrogen) atoms. The van der Waals surface area contributed by atoms with Crippen molar-refractivity contribution in [3.05, 3.63) is 0 Å². The summed E-state index contributed by atoms with van der Waals surface area (Å²) in [7, 11) is 0. The number of rotatable bonds is 3. The quantitative estimate of drug-likeness (QED) is 0.708. The summed E-state index contributed by atoms with van der Waals surface area (Å²) in [5, 5.41) is 0. The molecule has 0 heterocycles. The molecule has 2 heteroatoms. The molecule has 0 spiro atoms. The lowest BCUT2D eigenvalue weighted by Crippen LogP contribution is -2.30. The van der Waals surface area contributed by atoms with Crippen LogP contribution < -0.4 is 5.73 Å². The fourth-order valence-corrected chi connectivity index (χ4v) is 1.97. The van der Waals surface area contributed by atoms with Crippen molar-refractivity contribution in [2.45, 2.75) is 38.4 Å². The average molecular weight is 208 g/mol. The highest BCUT2D eigenvalue weighted by atomic mass is 79.9. The van der Waals surface area contributed by atoms with Crippen LogP contribution in [0, 0.1) is 5.41 Å². The van der Waals surface area contributed by atoms with Gasteiger partial charge in [0.2, 0.25) is 0 Å². The minimum atomic E-state index is 0.218. The number of halogens is 1. The van der Waals surface area contributed by atoms with Gasteiger partial charge in [-0.25, -0.2) is 0 Å². The third-order valence-corrected chi connectivity index (χ3v) is 1.73. The molecule has 0 bridgehead atoms. The lowest BCUT2D eigenvalue weighted by molar-refractivity contribution is 0.317. The van der Waals surface area contributed by atoms with Crippen LogP contribution in [0.15, 0.2) is 0 Å². The van der Waals surface area contributed by atoms with Crippen LogP contribution in [0.1, 0.15) is 34.1 Å². The Bertz CT molecular complexity index is 102. The second-order valence-corrected chi connectivity index (χ2v) is 6.41. The summed E-state index contributed by atoms with van der Waals surface area (Å²) >= 11 is 3.60. The summed E-state index contributed by atoms with van der Waals surface area (Å²) in [6, 6.07) is 0. The van der Waals surface area contributed by atoms with E-state index in [0.29, 0.717) is 0 Å². The maximum atomic E-state index is 5.59. The summed E-state index contributed by atoms with van der Waals surface area (Å²) in [5.41, 5.74) is 5.85. The number of hydrogen-bond donors (Lipinski definition) is 1. The highest BCUT2D eigenvalue weighted by Gasteiger charge is 2.24. The molecule has 0 unspecified atom stereocenters. The van der Waals surface area contributed by atoms with Gasteiger partial charge in [-0.1, -0.05) is 43.6 Å². The molecule has 0 aromatic heterocycles.